The van der Waals surface area contributed by atoms with E-state index in [0.717, 1.165) is 22.2 Å². The molecule has 0 saturated heterocycles. The van der Waals surface area contributed by atoms with Gasteiger partial charge in [0.1, 0.15) is 5.69 Å². The average Bonchev–Trinajstić information content (AvgIpc) is 3.14. The maximum Gasteiger partial charge on any atom is 0.270 e. The molecule has 1 N–H and O–H groups in total. The Balaban J connectivity index is 1.68. The number of hydrogen-bond acceptors (Lipinski definition) is 2. The summed E-state index contributed by atoms with van der Waals surface area (Å²) in [5, 5.41) is 5.33. The van der Waals surface area contributed by atoms with Gasteiger partial charge in [-0.1, -0.05) is 11.6 Å². The Labute approximate surface area is 128 Å². The minimum atomic E-state index is 0.0458. The number of aromatic amines is 1. The van der Waals surface area contributed by atoms with Crippen molar-refractivity contribution in [1.82, 2.24) is 19.7 Å². The summed E-state index contributed by atoms with van der Waals surface area (Å²) in [6.45, 7) is 5.40. The first-order chi connectivity index (χ1) is 10.5. The number of carbonyl (C=O) groups is 1. The molecule has 3 heterocycles. The maximum atomic E-state index is 12.8. The molecule has 22 heavy (non-hydrogen) atoms. The molecule has 1 aliphatic heterocycles. The fourth-order valence-corrected chi connectivity index (χ4v) is 3.33. The van der Waals surface area contributed by atoms with Crippen molar-refractivity contribution in [3.63, 3.8) is 0 Å². The Hall–Kier alpha value is -2.56. The second-order valence-electron chi connectivity index (χ2n) is 6.13. The molecule has 0 bridgehead atoms. The average molecular weight is 294 g/mol. The van der Waals surface area contributed by atoms with Crippen LogP contribution in [0.15, 0.2) is 24.4 Å². The molecule has 1 aliphatic rings. The Morgan fingerprint density at radius 2 is 2.05 bits per heavy atom. The highest BCUT2D eigenvalue weighted by Gasteiger charge is 2.27. The van der Waals surface area contributed by atoms with E-state index in [1.165, 1.54) is 11.1 Å². The Morgan fingerprint density at radius 3 is 2.82 bits per heavy atom. The zero-order valence-electron chi connectivity index (χ0n) is 13.0. The number of H-pyrrole nitrogens is 1. The van der Waals surface area contributed by atoms with Crippen LogP contribution in [0.4, 0.5) is 0 Å². The van der Waals surface area contributed by atoms with Crippen molar-refractivity contribution in [2.75, 3.05) is 0 Å². The smallest absolute Gasteiger partial charge is 0.270 e. The summed E-state index contributed by atoms with van der Waals surface area (Å²) < 4.78 is 1.85. The molecule has 0 fully saturated rings. The lowest BCUT2D eigenvalue weighted by Crippen LogP contribution is -2.26. The lowest BCUT2D eigenvalue weighted by Gasteiger charge is -2.14. The second kappa shape index (κ2) is 4.47. The van der Waals surface area contributed by atoms with Crippen molar-refractivity contribution < 1.29 is 4.79 Å². The van der Waals surface area contributed by atoms with Crippen LogP contribution in [0.3, 0.4) is 0 Å². The lowest BCUT2D eigenvalue weighted by molar-refractivity contribution is 0.0743. The van der Waals surface area contributed by atoms with Crippen LogP contribution in [0.2, 0.25) is 0 Å². The first-order valence-electron chi connectivity index (χ1n) is 7.42. The SMILES string of the molecule is Cc1cc(C)c2[nH]c(C(=O)N3Cc4cnn(C)c4C3)cc2c1. The van der Waals surface area contributed by atoms with E-state index >= 15 is 0 Å². The zero-order chi connectivity index (χ0) is 15.4. The zero-order valence-corrected chi connectivity index (χ0v) is 13.0. The number of nitrogens with one attached hydrogen (secondary N) is 1. The van der Waals surface area contributed by atoms with Crippen LogP contribution in [0.5, 0.6) is 0 Å². The van der Waals surface area contributed by atoms with Crippen molar-refractivity contribution in [2.45, 2.75) is 26.9 Å². The van der Waals surface area contributed by atoms with E-state index in [1.807, 2.05) is 28.9 Å². The van der Waals surface area contributed by atoms with Crippen molar-refractivity contribution >= 4 is 16.8 Å². The number of nitrogens with zero attached hydrogens (tertiary/aromatic N) is 3. The van der Waals surface area contributed by atoms with Crippen LogP contribution in [0, 0.1) is 13.8 Å². The van der Waals surface area contributed by atoms with E-state index < -0.39 is 0 Å². The molecule has 5 heteroatoms. The molecule has 0 aliphatic carbocycles. The molecule has 0 atom stereocenters. The monoisotopic (exact) mass is 294 g/mol. The Morgan fingerprint density at radius 1 is 1.23 bits per heavy atom. The second-order valence-corrected chi connectivity index (χ2v) is 6.13. The summed E-state index contributed by atoms with van der Waals surface area (Å²) in [6.07, 6.45) is 1.85. The van der Waals surface area contributed by atoms with Crippen LogP contribution in [-0.2, 0) is 20.1 Å². The number of amides is 1. The molecular weight excluding hydrogens is 276 g/mol. The molecule has 0 spiro atoms. The topological polar surface area (TPSA) is 53.9 Å². The summed E-state index contributed by atoms with van der Waals surface area (Å²) in [6, 6.07) is 6.20. The summed E-state index contributed by atoms with van der Waals surface area (Å²) in [4.78, 5) is 17.9. The molecule has 4 rings (SSSR count). The molecule has 0 saturated carbocycles. The van der Waals surface area contributed by atoms with Gasteiger partial charge in [0, 0.05) is 30.1 Å². The minimum absolute atomic E-state index is 0.0458. The third-order valence-corrected chi connectivity index (χ3v) is 4.44. The number of aryl methyl sites for hydroxylation is 3. The number of aromatic nitrogens is 3. The van der Waals surface area contributed by atoms with Gasteiger partial charge in [0.25, 0.3) is 5.91 Å². The summed E-state index contributed by atoms with van der Waals surface area (Å²) in [5.41, 5.74) is 6.35. The Bertz CT molecular complexity index is 903. The fourth-order valence-electron chi connectivity index (χ4n) is 3.33. The van der Waals surface area contributed by atoms with Gasteiger partial charge in [-0.25, -0.2) is 0 Å². The molecular formula is C17H18N4O. The summed E-state index contributed by atoms with van der Waals surface area (Å²) in [5.74, 6) is 0.0458. The van der Waals surface area contributed by atoms with Crippen molar-refractivity contribution in [3.05, 3.63) is 52.5 Å². The molecule has 5 nitrogen and oxygen atoms in total. The minimum Gasteiger partial charge on any atom is -0.350 e. The molecule has 3 aromatic rings. The van der Waals surface area contributed by atoms with Crippen LogP contribution < -0.4 is 0 Å². The van der Waals surface area contributed by atoms with Crippen LogP contribution >= 0.6 is 0 Å². The first-order valence-corrected chi connectivity index (χ1v) is 7.42. The van der Waals surface area contributed by atoms with Gasteiger partial charge in [-0.3, -0.25) is 9.48 Å². The molecule has 2 aromatic heterocycles. The fraction of sp³-hybridized carbons (Fsp3) is 0.294. The first kappa shape index (κ1) is 13.1. The Kier molecular flexibility index (Phi) is 2.66. The molecule has 1 aromatic carbocycles. The largest absolute Gasteiger partial charge is 0.350 e. The number of fused-ring (bicyclic) bond motifs is 2. The van der Waals surface area contributed by atoms with E-state index in [1.54, 1.807) is 0 Å². The quantitative estimate of drug-likeness (QED) is 0.750. The van der Waals surface area contributed by atoms with Crippen molar-refractivity contribution in [3.8, 4) is 0 Å². The van der Waals surface area contributed by atoms with Crippen LogP contribution in [0.1, 0.15) is 32.9 Å². The van der Waals surface area contributed by atoms with Gasteiger partial charge < -0.3 is 9.88 Å². The lowest BCUT2D eigenvalue weighted by atomic mass is 10.1. The number of benzene rings is 1. The third kappa shape index (κ3) is 1.85. The van der Waals surface area contributed by atoms with Gasteiger partial charge >= 0.3 is 0 Å². The summed E-state index contributed by atoms with van der Waals surface area (Å²) >= 11 is 0. The normalized spacial score (nSPS) is 13.9. The summed E-state index contributed by atoms with van der Waals surface area (Å²) in [7, 11) is 1.92. The third-order valence-electron chi connectivity index (χ3n) is 4.44. The van der Waals surface area contributed by atoms with Crippen LogP contribution in [-0.4, -0.2) is 25.6 Å². The van der Waals surface area contributed by atoms with Gasteiger partial charge in [-0.2, -0.15) is 5.10 Å². The molecule has 112 valence electrons. The van der Waals surface area contributed by atoms with Gasteiger partial charge in [0.15, 0.2) is 0 Å². The van der Waals surface area contributed by atoms with Gasteiger partial charge in [-0.15, -0.1) is 0 Å². The van der Waals surface area contributed by atoms with Crippen molar-refractivity contribution in [1.29, 1.82) is 0 Å². The molecule has 1 amide bonds. The van der Waals surface area contributed by atoms with E-state index in [0.29, 0.717) is 18.8 Å². The van der Waals surface area contributed by atoms with E-state index in [9.17, 15) is 4.79 Å². The van der Waals surface area contributed by atoms with E-state index in [-0.39, 0.29) is 5.91 Å². The van der Waals surface area contributed by atoms with E-state index in [4.69, 9.17) is 0 Å². The molecule has 0 unspecified atom stereocenters. The highest BCUT2D eigenvalue weighted by Crippen LogP contribution is 2.26. The standard InChI is InChI=1S/C17H18N4O/c1-10-4-11(2)16-12(5-10)6-14(19-16)17(22)21-8-13-7-18-20(3)15(13)9-21/h4-7,19H,8-9H2,1-3H3. The van der Waals surface area contributed by atoms with Gasteiger partial charge in [0.05, 0.1) is 18.4 Å². The molecule has 0 radical (unpaired) electrons. The maximum absolute atomic E-state index is 12.8. The number of rotatable bonds is 1. The van der Waals surface area contributed by atoms with Gasteiger partial charge in [0.2, 0.25) is 0 Å². The number of hydrogen-bond donors (Lipinski definition) is 1. The highest BCUT2D eigenvalue weighted by atomic mass is 16.2. The van der Waals surface area contributed by atoms with E-state index in [2.05, 4.69) is 36.1 Å². The van der Waals surface area contributed by atoms with Crippen molar-refractivity contribution in [2.24, 2.45) is 7.05 Å². The highest BCUT2D eigenvalue weighted by molar-refractivity contribution is 5.99. The van der Waals surface area contributed by atoms with Gasteiger partial charge in [-0.05, 0) is 31.5 Å². The number of carbonyl (C=O) groups excluding carboxylic acids is 1. The van der Waals surface area contributed by atoms with Crippen LogP contribution in [0.25, 0.3) is 10.9 Å². The predicted molar refractivity (Wildman–Crippen MR) is 84.6 cm³/mol. The predicted octanol–water partition coefficient (Wildman–Crippen LogP) is 2.67.